The van der Waals surface area contributed by atoms with Crippen LogP contribution >= 0.6 is 0 Å². The van der Waals surface area contributed by atoms with Gasteiger partial charge < -0.3 is 14.7 Å². The van der Waals surface area contributed by atoms with E-state index < -0.39 is 11.6 Å². The van der Waals surface area contributed by atoms with Crippen molar-refractivity contribution in [1.29, 1.82) is 0 Å². The lowest BCUT2D eigenvalue weighted by atomic mass is 10.1. The summed E-state index contributed by atoms with van der Waals surface area (Å²) in [6, 6.07) is 0. The number of carbonyl (C=O) groups excluding carboxylic acids is 1. The van der Waals surface area contributed by atoms with Gasteiger partial charge in [0.1, 0.15) is 5.60 Å². The van der Waals surface area contributed by atoms with Crippen molar-refractivity contribution in [2.75, 3.05) is 13.1 Å². The van der Waals surface area contributed by atoms with Crippen LogP contribution < -0.4 is 0 Å². The Morgan fingerprint density at radius 3 is 2.40 bits per heavy atom. The van der Waals surface area contributed by atoms with Crippen LogP contribution in [0.3, 0.4) is 0 Å². The third kappa shape index (κ3) is 10.8. The molecule has 5 heteroatoms. The van der Waals surface area contributed by atoms with Crippen LogP contribution in [-0.4, -0.2) is 40.8 Å². The molecule has 25 heavy (non-hydrogen) atoms. The monoisotopic (exact) mass is 353 g/mol. The van der Waals surface area contributed by atoms with E-state index in [4.69, 9.17) is 9.84 Å². The van der Waals surface area contributed by atoms with Gasteiger partial charge in [0.2, 0.25) is 0 Å². The lowest BCUT2D eigenvalue weighted by molar-refractivity contribution is -0.137. The molecule has 0 aromatic heterocycles. The van der Waals surface area contributed by atoms with Crippen LogP contribution in [0.1, 0.15) is 78.6 Å². The van der Waals surface area contributed by atoms with Crippen LogP contribution in [0, 0.1) is 5.92 Å². The van der Waals surface area contributed by atoms with Crippen LogP contribution in [-0.2, 0) is 9.53 Å². The molecule has 1 atom stereocenters. The molecule has 1 heterocycles. The van der Waals surface area contributed by atoms with Gasteiger partial charge in [-0.15, -0.1) is 0 Å². The van der Waals surface area contributed by atoms with Crippen LogP contribution in [0.25, 0.3) is 0 Å². The molecular weight excluding hydrogens is 318 g/mol. The Kier molecular flexibility index (Phi) is 9.61. The summed E-state index contributed by atoms with van der Waals surface area (Å²) in [6.45, 7) is 7.22. The van der Waals surface area contributed by atoms with Crippen molar-refractivity contribution in [2.24, 2.45) is 5.92 Å². The van der Waals surface area contributed by atoms with Gasteiger partial charge in [-0.25, -0.2) is 4.79 Å². The normalized spacial score (nSPS) is 18.0. The quantitative estimate of drug-likeness (QED) is 0.443. The van der Waals surface area contributed by atoms with Crippen molar-refractivity contribution in [3.8, 4) is 0 Å². The zero-order valence-electron chi connectivity index (χ0n) is 16.1. The fourth-order valence-corrected chi connectivity index (χ4v) is 2.97. The Bertz CT molecular complexity index is 439. The maximum atomic E-state index is 12.0. The molecule has 0 radical (unpaired) electrons. The number of amides is 1. The lowest BCUT2D eigenvalue weighted by Gasteiger charge is -2.24. The molecule has 1 aliphatic rings. The average molecular weight is 354 g/mol. The van der Waals surface area contributed by atoms with E-state index in [1.807, 2.05) is 20.8 Å². The number of carboxylic acid groups (broad SMARTS) is 1. The number of hydrogen-bond donors (Lipinski definition) is 1. The van der Waals surface area contributed by atoms with Gasteiger partial charge in [0.05, 0.1) is 0 Å². The second-order valence-corrected chi connectivity index (χ2v) is 7.96. The molecule has 0 aromatic carbocycles. The first-order chi connectivity index (χ1) is 11.8. The van der Waals surface area contributed by atoms with Gasteiger partial charge in [0.25, 0.3) is 0 Å². The highest BCUT2D eigenvalue weighted by Gasteiger charge is 2.28. The lowest BCUT2D eigenvalue weighted by Crippen LogP contribution is -2.35. The maximum absolute atomic E-state index is 12.0. The van der Waals surface area contributed by atoms with Gasteiger partial charge in [-0.2, -0.15) is 0 Å². The molecule has 1 saturated heterocycles. The number of rotatable bonds is 10. The third-order valence-electron chi connectivity index (χ3n) is 4.30. The molecule has 144 valence electrons. The Labute approximate surface area is 152 Å². The molecule has 1 N–H and O–H groups in total. The minimum atomic E-state index is -0.692. The van der Waals surface area contributed by atoms with Crippen LogP contribution in [0.5, 0.6) is 0 Å². The third-order valence-corrected chi connectivity index (χ3v) is 4.30. The fraction of sp³-hybridized carbons (Fsp3) is 0.800. The highest BCUT2D eigenvalue weighted by molar-refractivity contribution is 5.68. The molecule has 0 spiro atoms. The number of carboxylic acids is 1. The first-order valence-corrected chi connectivity index (χ1v) is 9.64. The summed E-state index contributed by atoms with van der Waals surface area (Å²) in [7, 11) is 0. The van der Waals surface area contributed by atoms with Crippen LogP contribution in [0.15, 0.2) is 12.2 Å². The highest BCUT2D eigenvalue weighted by atomic mass is 16.6. The van der Waals surface area contributed by atoms with Crippen molar-refractivity contribution in [1.82, 2.24) is 4.90 Å². The topological polar surface area (TPSA) is 66.8 Å². The van der Waals surface area contributed by atoms with Crippen LogP contribution in [0.2, 0.25) is 0 Å². The zero-order valence-corrected chi connectivity index (χ0v) is 16.1. The SMILES string of the molecule is CC(C)(C)OC(=O)N1CCC(/C=C/CCCCCCCCC(=O)O)C1. The minimum Gasteiger partial charge on any atom is -0.481 e. The van der Waals surface area contributed by atoms with Gasteiger partial charge in [-0.3, -0.25) is 4.79 Å². The van der Waals surface area contributed by atoms with Crippen LogP contribution in [0.4, 0.5) is 4.79 Å². The van der Waals surface area contributed by atoms with E-state index in [9.17, 15) is 9.59 Å². The van der Waals surface area contributed by atoms with E-state index in [0.717, 1.165) is 45.2 Å². The van der Waals surface area contributed by atoms with E-state index in [1.165, 1.54) is 19.3 Å². The predicted octanol–water partition coefficient (Wildman–Crippen LogP) is 5.01. The second-order valence-electron chi connectivity index (χ2n) is 7.96. The number of ether oxygens (including phenoxy) is 1. The Hall–Kier alpha value is -1.52. The summed E-state index contributed by atoms with van der Waals surface area (Å²) < 4.78 is 5.41. The van der Waals surface area contributed by atoms with Crippen molar-refractivity contribution in [2.45, 2.75) is 84.2 Å². The molecule has 1 aliphatic heterocycles. The second kappa shape index (κ2) is 11.2. The molecule has 1 unspecified atom stereocenters. The van der Waals surface area contributed by atoms with E-state index in [1.54, 1.807) is 4.90 Å². The number of hydrogen-bond acceptors (Lipinski definition) is 3. The molecule has 0 aromatic rings. The molecule has 1 rings (SSSR count). The average Bonchev–Trinajstić information content (AvgIpc) is 2.96. The highest BCUT2D eigenvalue weighted by Crippen LogP contribution is 2.21. The molecular formula is C20H35NO4. The summed E-state index contributed by atoms with van der Waals surface area (Å²) in [5.41, 5.74) is -0.432. The fourth-order valence-electron chi connectivity index (χ4n) is 2.97. The summed E-state index contributed by atoms with van der Waals surface area (Å²) in [5.74, 6) is -0.245. The van der Waals surface area contributed by atoms with Crippen molar-refractivity contribution in [3.63, 3.8) is 0 Å². The van der Waals surface area contributed by atoms with Gasteiger partial charge >= 0.3 is 12.1 Å². The van der Waals surface area contributed by atoms with E-state index in [2.05, 4.69) is 12.2 Å². The van der Waals surface area contributed by atoms with Gasteiger partial charge in [-0.1, -0.05) is 37.8 Å². The van der Waals surface area contributed by atoms with Crippen molar-refractivity contribution < 1.29 is 19.4 Å². The summed E-state index contributed by atoms with van der Waals surface area (Å²) >= 11 is 0. The van der Waals surface area contributed by atoms with Gasteiger partial charge in [0, 0.05) is 19.5 Å². The summed E-state index contributed by atoms with van der Waals surface area (Å²) in [4.78, 5) is 24.2. The molecule has 5 nitrogen and oxygen atoms in total. The Morgan fingerprint density at radius 2 is 1.76 bits per heavy atom. The number of aliphatic carboxylic acids is 1. The van der Waals surface area contributed by atoms with E-state index >= 15 is 0 Å². The summed E-state index contributed by atoms with van der Waals surface area (Å²) in [5, 5.41) is 8.56. The van der Waals surface area contributed by atoms with Gasteiger partial charge in [-0.05, 0) is 52.4 Å². The van der Waals surface area contributed by atoms with E-state index in [0.29, 0.717) is 12.3 Å². The number of nitrogens with zero attached hydrogens (tertiary/aromatic N) is 1. The molecule has 0 saturated carbocycles. The van der Waals surface area contributed by atoms with Crippen molar-refractivity contribution >= 4 is 12.1 Å². The maximum Gasteiger partial charge on any atom is 0.410 e. The molecule has 1 amide bonds. The number of carbonyl (C=O) groups is 2. The summed E-state index contributed by atoms with van der Waals surface area (Å²) in [6.07, 6.45) is 13.2. The standard InChI is InChI=1S/C20H35NO4/c1-20(2,3)25-19(24)21-15-14-17(16-21)12-10-8-6-4-5-7-9-11-13-18(22)23/h10,12,17H,4-9,11,13-16H2,1-3H3,(H,22,23)/b12-10+. The number of allylic oxidation sites excluding steroid dienone is 1. The Balaban J connectivity index is 2.04. The number of likely N-dealkylation sites (tertiary alicyclic amines) is 1. The Morgan fingerprint density at radius 1 is 1.12 bits per heavy atom. The molecule has 0 bridgehead atoms. The molecule has 1 fully saturated rings. The predicted molar refractivity (Wildman–Crippen MR) is 99.6 cm³/mol. The van der Waals surface area contributed by atoms with Gasteiger partial charge in [0.15, 0.2) is 0 Å². The largest absolute Gasteiger partial charge is 0.481 e. The minimum absolute atomic E-state index is 0.203. The number of unbranched alkanes of at least 4 members (excludes halogenated alkanes) is 6. The van der Waals surface area contributed by atoms with E-state index in [-0.39, 0.29) is 6.09 Å². The first kappa shape index (κ1) is 21.5. The first-order valence-electron chi connectivity index (χ1n) is 9.64. The smallest absolute Gasteiger partial charge is 0.410 e. The van der Waals surface area contributed by atoms with Crippen molar-refractivity contribution in [3.05, 3.63) is 12.2 Å². The molecule has 0 aliphatic carbocycles. The zero-order chi connectivity index (χ0) is 18.7.